The van der Waals surface area contributed by atoms with Gasteiger partial charge in [-0.15, -0.1) is 0 Å². The summed E-state index contributed by atoms with van der Waals surface area (Å²) >= 11 is 0. The fourth-order valence-corrected chi connectivity index (χ4v) is 2.67. The maximum atomic E-state index is 12.1. The number of pyridine rings is 1. The Bertz CT molecular complexity index is 841. The minimum absolute atomic E-state index is 0.00259. The predicted molar refractivity (Wildman–Crippen MR) is 93.1 cm³/mol. The predicted octanol–water partition coefficient (Wildman–Crippen LogP) is 3.51. The molecule has 0 bridgehead atoms. The molecule has 1 heterocycles. The molecule has 0 aliphatic heterocycles. The highest BCUT2D eigenvalue weighted by Crippen LogP contribution is 2.32. The molecule has 0 unspecified atom stereocenters. The van der Waals surface area contributed by atoms with E-state index in [0.717, 1.165) is 5.56 Å². The summed E-state index contributed by atoms with van der Waals surface area (Å²) < 4.78 is 1.46. The molecule has 0 radical (unpaired) electrons. The number of hydrogen-bond acceptors (Lipinski definition) is 3. The van der Waals surface area contributed by atoms with Gasteiger partial charge in [-0.2, -0.15) is 0 Å². The molecule has 1 aromatic heterocycles. The Labute approximate surface area is 135 Å². The molecular weight excluding hydrogens is 290 g/mol. The van der Waals surface area contributed by atoms with Crippen molar-refractivity contribution in [3.8, 4) is 11.5 Å². The van der Waals surface area contributed by atoms with Crippen LogP contribution in [0.5, 0.6) is 11.5 Å². The molecule has 0 fully saturated rings. The van der Waals surface area contributed by atoms with Crippen LogP contribution in [0, 0.1) is 6.92 Å². The number of benzene rings is 2. The lowest BCUT2D eigenvalue weighted by molar-refractivity contribution is 0.454. The van der Waals surface area contributed by atoms with E-state index in [-0.39, 0.29) is 17.1 Å². The van der Waals surface area contributed by atoms with Crippen molar-refractivity contribution in [3.05, 3.63) is 70.0 Å². The van der Waals surface area contributed by atoms with Crippen LogP contribution in [0.2, 0.25) is 0 Å². The lowest BCUT2D eigenvalue weighted by Crippen LogP contribution is -2.22. The topological polar surface area (TPSA) is 62.5 Å². The molecule has 3 rings (SSSR count). The second kappa shape index (κ2) is 7.01. The summed E-state index contributed by atoms with van der Waals surface area (Å²) in [7, 11) is 1.64. The van der Waals surface area contributed by atoms with Crippen LogP contribution >= 0.6 is 0 Å². The van der Waals surface area contributed by atoms with Crippen molar-refractivity contribution >= 4 is 10.9 Å². The highest BCUT2D eigenvalue weighted by atomic mass is 16.3. The van der Waals surface area contributed by atoms with E-state index >= 15 is 0 Å². The molecule has 0 atom stereocenters. The molecule has 0 aliphatic rings. The summed E-state index contributed by atoms with van der Waals surface area (Å²) in [5, 5.41) is 20.0. The molecule has 2 N–H and O–H groups in total. The van der Waals surface area contributed by atoms with E-state index in [2.05, 4.69) is 0 Å². The van der Waals surface area contributed by atoms with E-state index in [4.69, 9.17) is 0 Å². The van der Waals surface area contributed by atoms with E-state index in [1.165, 1.54) is 16.7 Å². The SMILES string of the molecule is CCc1c(C)c2c(O)cc(O)cc2n(C)c1=O.c1ccccc1. The largest absolute Gasteiger partial charge is 0.508 e. The Morgan fingerprint density at radius 1 is 1.00 bits per heavy atom. The zero-order valence-electron chi connectivity index (χ0n) is 13.6. The Morgan fingerprint density at radius 2 is 1.52 bits per heavy atom. The highest BCUT2D eigenvalue weighted by Gasteiger charge is 2.14. The molecular formula is C19H21NO3. The minimum Gasteiger partial charge on any atom is -0.508 e. The van der Waals surface area contributed by atoms with Gasteiger partial charge < -0.3 is 14.8 Å². The normalized spacial score (nSPS) is 10.2. The van der Waals surface area contributed by atoms with Crippen molar-refractivity contribution in [3.63, 3.8) is 0 Å². The Morgan fingerprint density at radius 3 is 2.00 bits per heavy atom. The van der Waals surface area contributed by atoms with Gasteiger partial charge in [-0.05, 0) is 18.9 Å². The Balaban J connectivity index is 0.000000268. The van der Waals surface area contributed by atoms with Crippen molar-refractivity contribution in [2.75, 3.05) is 0 Å². The van der Waals surface area contributed by atoms with Crippen LogP contribution in [-0.4, -0.2) is 14.8 Å². The molecule has 0 spiro atoms. The summed E-state index contributed by atoms with van der Waals surface area (Å²) in [6.45, 7) is 3.73. The van der Waals surface area contributed by atoms with Crippen molar-refractivity contribution in [2.45, 2.75) is 20.3 Å². The molecule has 0 amide bonds. The molecule has 4 heteroatoms. The van der Waals surface area contributed by atoms with E-state index in [0.29, 0.717) is 22.9 Å². The van der Waals surface area contributed by atoms with Gasteiger partial charge in [0.25, 0.3) is 5.56 Å². The lowest BCUT2D eigenvalue weighted by atomic mass is 10.0. The summed E-state index contributed by atoms with van der Waals surface area (Å²) in [5.41, 5.74) is 1.94. The number of aromatic hydroxyl groups is 2. The zero-order chi connectivity index (χ0) is 17.0. The Hall–Kier alpha value is -2.75. The monoisotopic (exact) mass is 311 g/mol. The second-order valence-electron chi connectivity index (χ2n) is 5.33. The summed E-state index contributed by atoms with van der Waals surface area (Å²) in [6.07, 6.45) is 0.620. The molecule has 0 saturated carbocycles. The van der Waals surface area contributed by atoms with Crippen LogP contribution in [0.4, 0.5) is 0 Å². The smallest absolute Gasteiger partial charge is 0.254 e. The summed E-state index contributed by atoms with van der Waals surface area (Å²) in [6, 6.07) is 14.8. The molecule has 4 nitrogen and oxygen atoms in total. The van der Waals surface area contributed by atoms with Gasteiger partial charge in [0.2, 0.25) is 0 Å². The average molecular weight is 311 g/mol. The van der Waals surface area contributed by atoms with Gasteiger partial charge in [0.15, 0.2) is 0 Å². The first-order valence-corrected chi connectivity index (χ1v) is 7.51. The number of fused-ring (bicyclic) bond motifs is 1. The number of aromatic nitrogens is 1. The number of rotatable bonds is 1. The third-order valence-electron chi connectivity index (χ3n) is 3.85. The molecule has 3 aromatic rings. The fraction of sp³-hybridized carbons (Fsp3) is 0.211. The number of phenolic OH excluding ortho intramolecular Hbond substituents is 2. The molecule has 2 aromatic carbocycles. The third kappa shape index (κ3) is 3.37. The minimum atomic E-state index is -0.0810. The van der Waals surface area contributed by atoms with Crippen molar-refractivity contribution < 1.29 is 10.2 Å². The van der Waals surface area contributed by atoms with Crippen LogP contribution in [-0.2, 0) is 13.5 Å². The van der Waals surface area contributed by atoms with Gasteiger partial charge in [-0.3, -0.25) is 4.79 Å². The van der Waals surface area contributed by atoms with Gasteiger partial charge in [0.1, 0.15) is 11.5 Å². The summed E-state index contributed by atoms with van der Waals surface area (Å²) in [4.78, 5) is 12.1. The van der Waals surface area contributed by atoms with Gasteiger partial charge in [-0.25, -0.2) is 0 Å². The van der Waals surface area contributed by atoms with Crippen LogP contribution < -0.4 is 5.56 Å². The first-order chi connectivity index (χ1) is 11.0. The number of nitrogens with zero attached hydrogens (tertiary/aromatic N) is 1. The summed E-state index contributed by atoms with van der Waals surface area (Å²) in [5.74, 6) is -0.0450. The highest BCUT2D eigenvalue weighted by molar-refractivity contribution is 5.90. The van der Waals surface area contributed by atoms with Crippen molar-refractivity contribution in [2.24, 2.45) is 7.05 Å². The zero-order valence-corrected chi connectivity index (χ0v) is 13.6. The van der Waals surface area contributed by atoms with E-state index in [9.17, 15) is 15.0 Å². The first-order valence-electron chi connectivity index (χ1n) is 7.51. The van der Waals surface area contributed by atoms with E-state index in [1.54, 1.807) is 7.05 Å². The number of phenols is 2. The van der Waals surface area contributed by atoms with Crippen LogP contribution in [0.15, 0.2) is 53.3 Å². The van der Waals surface area contributed by atoms with Gasteiger partial charge in [0, 0.05) is 30.1 Å². The van der Waals surface area contributed by atoms with Crippen molar-refractivity contribution in [1.82, 2.24) is 4.57 Å². The number of aryl methyl sites for hydroxylation is 2. The average Bonchev–Trinajstić information content (AvgIpc) is 2.55. The molecule has 0 saturated heterocycles. The Kier molecular flexibility index (Phi) is 5.06. The van der Waals surface area contributed by atoms with Gasteiger partial charge >= 0.3 is 0 Å². The fourth-order valence-electron chi connectivity index (χ4n) is 2.67. The van der Waals surface area contributed by atoms with Crippen LogP contribution in [0.25, 0.3) is 10.9 Å². The molecule has 120 valence electrons. The van der Waals surface area contributed by atoms with Gasteiger partial charge in [0.05, 0.1) is 5.52 Å². The van der Waals surface area contributed by atoms with Crippen LogP contribution in [0.1, 0.15) is 18.1 Å². The van der Waals surface area contributed by atoms with E-state index in [1.807, 2.05) is 50.2 Å². The molecule has 0 aliphatic carbocycles. The quantitative estimate of drug-likeness (QED) is 0.723. The number of hydrogen-bond donors (Lipinski definition) is 2. The van der Waals surface area contributed by atoms with Gasteiger partial charge in [-0.1, -0.05) is 43.3 Å². The van der Waals surface area contributed by atoms with Crippen LogP contribution in [0.3, 0.4) is 0 Å². The van der Waals surface area contributed by atoms with E-state index < -0.39 is 0 Å². The first kappa shape index (κ1) is 16.6. The lowest BCUT2D eigenvalue weighted by Gasteiger charge is -2.13. The standard InChI is InChI=1S/C13H15NO3.C6H6/c1-4-9-7(2)12-10(14(3)13(9)17)5-8(15)6-11(12)16;1-2-4-6-5-3-1/h5-6,15-16H,4H2,1-3H3;1-6H. The molecule has 23 heavy (non-hydrogen) atoms. The third-order valence-corrected chi connectivity index (χ3v) is 3.85. The maximum absolute atomic E-state index is 12.1. The second-order valence-corrected chi connectivity index (χ2v) is 5.33. The van der Waals surface area contributed by atoms with Crippen molar-refractivity contribution in [1.29, 1.82) is 0 Å². The maximum Gasteiger partial charge on any atom is 0.254 e.